The van der Waals surface area contributed by atoms with Gasteiger partial charge in [-0.25, -0.2) is 0 Å². The molecule has 34 heavy (non-hydrogen) atoms. The highest BCUT2D eigenvalue weighted by atomic mass is 16.1. The molecule has 1 aliphatic heterocycles. The van der Waals surface area contributed by atoms with Gasteiger partial charge < -0.3 is 16.0 Å². The van der Waals surface area contributed by atoms with Crippen molar-refractivity contribution in [1.29, 1.82) is 0 Å². The molecule has 0 bridgehead atoms. The first-order valence-corrected chi connectivity index (χ1v) is 12.8. The maximum Gasteiger partial charge on any atom is 0.220 e. The van der Waals surface area contributed by atoms with Gasteiger partial charge >= 0.3 is 0 Å². The molecule has 1 heterocycles. The maximum atomic E-state index is 12.8. The summed E-state index contributed by atoms with van der Waals surface area (Å²) < 4.78 is 0. The van der Waals surface area contributed by atoms with Gasteiger partial charge in [0.15, 0.2) is 0 Å². The van der Waals surface area contributed by atoms with E-state index in [0.29, 0.717) is 12.5 Å². The number of piperidine rings is 1. The van der Waals surface area contributed by atoms with Crippen molar-refractivity contribution in [2.45, 2.75) is 97.3 Å². The Bertz CT molecular complexity index is 910. The molecule has 1 aliphatic rings. The minimum absolute atomic E-state index is 0.0253. The van der Waals surface area contributed by atoms with E-state index in [2.05, 4.69) is 113 Å². The monoisotopic (exact) mass is 463 g/mol. The van der Waals surface area contributed by atoms with Gasteiger partial charge in [-0.2, -0.15) is 0 Å². The molecular weight excluding hydrogens is 418 g/mol. The predicted molar refractivity (Wildman–Crippen MR) is 144 cm³/mol. The Morgan fingerprint density at radius 1 is 0.941 bits per heavy atom. The summed E-state index contributed by atoms with van der Waals surface area (Å²) in [7, 11) is 0. The molecule has 1 fully saturated rings. The summed E-state index contributed by atoms with van der Waals surface area (Å²) in [6.45, 7) is 16.2. The topological polar surface area (TPSA) is 53.2 Å². The Morgan fingerprint density at radius 3 is 2.06 bits per heavy atom. The highest BCUT2D eigenvalue weighted by molar-refractivity contribution is 5.77. The Hall–Kier alpha value is -2.17. The number of hydrogen-bond acceptors (Lipinski definition) is 3. The second kappa shape index (κ2) is 10.6. The minimum Gasteiger partial charge on any atom is -0.352 e. The van der Waals surface area contributed by atoms with Gasteiger partial charge in [-0.3, -0.25) is 4.79 Å². The van der Waals surface area contributed by atoms with E-state index in [9.17, 15) is 4.79 Å². The third kappa shape index (κ3) is 8.56. The quantitative estimate of drug-likeness (QED) is 0.470. The van der Waals surface area contributed by atoms with Gasteiger partial charge in [-0.05, 0) is 69.1 Å². The van der Waals surface area contributed by atoms with Crippen LogP contribution in [-0.4, -0.2) is 35.6 Å². The van der Waals surface area contributed by atoms with Crippen LogP contribution in [0, 0.1) is 5.41 Å². The van der Waals surface area contributed by atoms with Crippen LogP contribution in [0.4, 0.5) is 0 Å². The van der Waals surface area contributed by atoms with Gasteiger partial charge in [0.1, 0.15) is 0 Å². The Labute approximate surface area is 207 Å². The van der Waals surface area contributed by atoms with Crippen LogP contribution in [0.25, 0.3) is 11.1 Å². The molecule has 0 aliphatic carbocycles. The molecule has 1 amide bonds. The van der Waals surface area contributed by atoms with E-state index < -0.39 is 0 Å². The molecule has 0 saturated carbocycles. The van der Waals surface area contributed by atoms with Gasteiger partial charge in [-0.1, -0.05) is 75.4 Å². The second-order valence-electron chi connectivity index (χ2n) is 12.7. The lowest BCUT2D eigenvalue weighted by molar-refractivity contribution is -0.123. The van der Waals surface area contributed by atoms with Crippen molar-refractivity contribution in [2.75, 3.05) is 6.54 Å². The number of rotatable bonds is 8. The molecule has 1 atom stereocenters. The van der Waals surface area contributed by atoms with E-state index in [1.165, 1.54) is 16.7 Å². The molecule has 3 rings (SSSR count). The van der Waals surface area contributed by atoms with Crippen molar-refractivity contribution in [3.8, 4) is 11.1 Å². The second-order valence-corrected chi connectivity index (χ2v) is 12.7. The van der Waals surface area contributed by atoms with Crippen molar-refractivity contribution in [1.82, 2.24) is 16.0 Å². The number of benzene rings is 2. The highest BCUT2D eigenvalue weighted by Crippen LogP contribution is 2.28. The maximum absolute atomic E-state index is 12.8. The molecule has 0 radical (unpaired) electrons. The average Bonchev–Trinajstić information content (AvgIpc) is 2.69. The van der Waals surface area contributed by atoms with E-state index >= 15 is 0 Å². The van der Waals surface area contributed by atoms with Gasteiger partial charge in [0.05, 0.1) is 0 Å². The fourth-order valence-electron chi connectivity index (χ4n) is 5.46. The fourth-order valence-corrected chi connectivity index (χ4v) is 5.46. The van der Waals surface area contributed by atoms with Crippen molar-refractivity contribution in [3.63, 3.8) is 0 Å². The standard InChI is InChI=1S/C30H45N3O/c1-28(2,3)20-27(34)32-25(21-31-26-18-29(4,5)33-30(6,7)19-26)17-22-13-15-24(16-14-22)23-11-9-8-10-12-23/h8-16,25-26,31,33H,17-21H2,1-7H3,(H,32,34)/t25-/m0/s1. The Morgan fingerprint density at radius 2 is 1.50 bits per heavy atom. The third-order valence-corrected chi connectivity index (χ3v) is 6.44. The van der Waals surface area contributed by atoms with Crippen molar-refractivity contribution in [2.24, 2.45) is 5.41 Å². The van der Waals surface area contributed by atoms with E-state index in [-0.39, 0.29) is 28.4 Å². The Balaban J connectivity index is 1.68. The molecule has 4 heteroatoms. The normalized spacial score (nSPS) is 18.9. The van der Waals surface area contributed by atoms with Crippen molar-refractivity contribution in [3.05, 3.63) is 60.2 Å². The summed E-state index contributed by atoms with van der Waals surface area (Å²) in [5.41, 5.74) is 3.85. The summed E-state index contributed by atoms with van der Waals surface area (Å²) >= 11 is 0. The smallest absolute Gasteiger partial charge is 0.220 e. The van der Waals surface area contributed by atoms with Crippen molar-refractivity contribution < 1.29 is 4.79 Å². The number of hydrogen-bond donors (Lipinski definition) is 3. The largest absolute Gasteiger partial charge is 0.352 e. The zero-order valence-corrected chi connectivity index (χ0v) is 22.3. The number of amides is 1. The summed E-state index contributed by atoms with van der Waals surface area (Å²) in [4.78, 5) is 12.8. The summed E-state index contributed by atoms with van der Waals surface area (Å²) in [5, 5.41) is 10.9. The fraction of sp³-hybridized carbons (Fsp3) is 0.567. The molecule has 186 valence electrons. The van der Waals surface area contributed by atoms with Gasteiger partial charge in [0.2, 0.25) is 5.91 Å². The number of carbonyl (C=O) groups excluding carboxylic acids is 1. The van der Waals surface area contributed by atoms with E-state index in [1.54, 1.807) is 0 Å². The molecule has 4 nitrogen and oxygen atoms in total. The number of nitrogens with one attached hydrogen (secondary N) is 3. The minimum atomic E-state index is -0.0253. The third-order valence-electron chi connectivity index (χ3n) is 6.44. The average molecular weight is 464 g/mol. The van der Waals surface area contributed by atoms with Crippen LogP contribution >= 0.6 is 0 Å². The van der Waals surface area contributed by atoms with E-state index in [4.69, 9.17) is 0 Å². The Kier molecular flexibility index (Phi) is 8.26. The van der Waals surface area contributed by atoms with Crippen LogP contribution in [0.2, 0.25) is 0 Å². The molecule has 0 unspecified atom stereocenters. The molecule has 0 spiro atoms. The summed E-state index contributed by atoms with van der Waals surface area (Å²) in [6, 6.07) is 19.7. The predicted octanol–water partition coefficient (Wildman–Crippen LogP) is 5.72. The lowest BCUT2D eigenvalue weighted by atomic mass is 9.79. The van der Waals surface area contributed by atoms with E-state index in [1.807, 2.05) is 6.07 Å². The van der Waals surface area contributed by atoms with E-state index in [0.717, 1.165) is 25.8 Å². The summed E-state index contributed by atoms with van der Waals surface area (Å²) in [6.07, 6.45) is 3.50. The first kappa shape index (κ1) is 26.4. The van der Waals surface area contributed by atoms with Crippen molar-refractivity contribution >= 4 is 5.91 Å². The van der Waals surface area contributed by atoms with Gasteiger partial charge in [0.25, 0.3) is 0 Å². The molecule has 2 aromatic carbocycles. The van der Waals surface area contributed by atoms with Crippen LogP contribution in [0.3, 0.4) is 0 Å². The van der Waals surface area contributed by atoms with Crippen LogP contribution in [0.5, 0.6) is 0 Å². The van der Waals surface area contributed by atoms with Crippen LogP contribution in [0.15, 0.2) is 54.6 Å². The molecule has 1 saturated heterocycles. The lowest BCUT2D eigenvalue weighted by Crippen LogP contribution is -2.62. The molecule has 3 N–H and O–H groups in total. The van der Waals surface area contributed by atoms with Crippen LogP contribution in [0.1, 0.15) is 73.3 Å². The highest BCUT2D eigenvalue weighted by Gasteiger charge is 2.37. The lowest BCUT2D eigenvalue weighted by Gasteiger charge is -2.47. The van der Waals surface area contributed by atoms with Gasteiger partial charge in [0, 0.05) is 36.1 Å². The SMILES string of the molecule is CC(C)(C)CC(=O)N[C@H](CNC1CC(C)(C)NC(C)(C)C1)Cc1ccc(-c2ccccc2)cc1. The molecule has 2 aromatic rings. The van der Waals surface area contributed by atoms with Gasteiger partial charge in [-0.15, -0.1) is 0 Å². The molecular formula is C30H45N3O. The molecule has 0 aromatic heterocycles. The number of carbonyl (C=O) groups is 1. The summed E-state index contributed by atoms with van der Waals surface area (Å²) in [5.74, 6) is 0.131. The van der Waals surface area contributed by atoms with Crippen LogP contribution in [-0.2, 0) is 11.2 Å². The zero-order valence-electron chi connectivity index (χ0n) is 22.3. The van der Waals surface area contributed by atoms with Crippen LogP contribution < -0.4 is 16.0 Å². The zero-order chi connectivity index (χ0) is 25.0. The first-order valence-electron chi connectivity index (χ1n) is 12.8. The first-order chi connectivity index (χ1) is 15.8.